The zero-order chi connectivity index (χ0) is 17.4. The van der Waals surface area contributed by atoms with E-state index in [0.29, 0.717) is 6.54 Å². The molecule has 1 saturated heterocycles. The van der Waals surface area contributed by atoms with Crippen LogP contribution >= 0.6 is 0 Å². The van der Waals surface area contributed by atoms with Gasteiger partial charge in [0.1, 0.15) is 5.75 Å². The molecule has 134 valence electrons. The predicted octanol–water partition coefficient (Wildman–Crippen LogP) is 2.40. The summed E-state index contributed by atoms with van der Waals surface area (Å²) in [5, 5.41) is 6.84. The number of hydrogen-bond donors (Lipinski definition) is 2. The minimum Gasteiger partial charge on any atom is -0.496 e. The Hall–Kier alpha value is -1.75. The lowest BCUT2D eigenvalue weighted by atomic mass is 9.97. The third-order valence-corrected chi connectivity index (χ3v) is 4.59. The number of piperidine rings is 1. The van der Waals surface area contributed by atoms with Gasteiger partial charge >= 0.3 is 0 Å². The lowest BCUT2D eigenvalue weighted by molar-refractivity contribution is 0.220. The predicted molar refractivity (Wildman–Crippen MR) is 101 cm³/mol. The molecule has 2 rings (SSSR count). The van der Waals surface area contributed by atoms with E-state index in [0.717, 1.165) is 36.3 Å². The molecule has 0 spiro atoms. The van der Waals surface area contributed by atoms with E-state index >= 15 is 0 Å². The van der Waals surface area contributed by atoms with E-state index < -0.39 is 0 Å². The smallest absolute Gasteiger partial charge is 0.191 e. The van der Waals surface area contributed by atoms with Crippen LogP contribution in [0.1, 0.15) is 30.9 Å². The molecule has 24 heavy (non-hydrogen) atoms. The zero-order valence-corrected chi connectivity index (χ0v) is 15.6. The Labute approximate surface area is 146 Å². The second-order valence-electron chi connectivity index (χ2n) is 6.64. The van der Waals surface area contributed by atoms with Gasteiger partial charge in [-0.15, -0.1) is 0 Å². The van der Waals surface area contributed by atoms with Crippen molar-refractivity contribution in [3.8, 4) is 5.75 Å². The van der Waals surface area contributed by atoms with E-state index in [2.05, 4.69) is 54.6 Å². The van der Waals surface area contributed by atoms with Crippen LogP contribution < -0.4 is 15.4 Å². The molecule has 1 aliphatic rings. The summed E-state index contributed by atoms with van der Waals surface area (Å²) in [5.74, 6) is 2.53. The summed E-state index contributed by atoms with van der Waals surface area (Å²) in [6, 6.07) is 6.26. The van der Waals surface area contributed by atoms with Gasteiger partial charge in [0.25, 0.3) is 0 Å². The first kappa shape index (κ1) is 18.6. The van der Waals surface area contributed by atoms with Crippen molar-refractivity contribution in [2.75, 3.05) is 40.3 Å². The Morgan fingerprint density at radius 2 is 2.04 bits per heavy atom. The summed E-state index contributed by atoms with van der Waals surface area (Å²) < 4.78 is 5.47. The van der Waals surface area contributed by atoms with Crippen molar-refractivity contribution < 1.29 is 4.74 Å². The number of nitrogens with zero attached hydrogens (tertiary/aromatic N) is 2. The highest BCUT2D eigenvalue weighted by Crippen LogP contribution is 2.20. The summed E-state index contributed by atoms with van der Waals surface area (Å²) in [6.45, 7) is 9.03. The SMILES string of the molecule is CCNC(=NCc1ccc(C)cc1OC)NCC1CCN(C)CC1. The highest BCUT2D eigenvalue weighted by Gasteiger charge is 2.16. The zero-order valence-electron chi connectivity index (χ0n) is 15.6. The third-order valence-electron chi connectivity index (χ3n) is 4.59. The lowest BCUT2D eigenvalue weighted by Crippen LogP contribution is -2.42. The summed E-state index contributed by atoms with van der Waals surface area (Å²) in [4.78, 5) is 7.13. The van der Waals surface area contributed by atoms with Gasteiger partial charge in [0.05, 0.1) is 13.7 Å². The van der Waals surface area contributed by atoms with E-state index in [-0.39, 0.29) is 0 Å². The number of methoxy groups -OCH3 is 1. The Kier molecular flexibility index (Phi) is 7.37. The molecular weight excluding hydrogens is 300 g/mol. The maximum absolute atomic E-state index is 5.47. The Morgan fingerprint density at radius 1 is 1.29 bits per heavy atom. The molecule has 5 heteroatoms. The van der Waals surface area contributed by atoms with E-state index in [9.17, 15) is 0 Å². The second kappa shape index (κ2) is 9.52. The van der Waals surface area contributed by atoms with Gasteiger partial charge in [-0.3, -0.25) is 0 Å². The fourth-order valence-electron chi connectivity index (χ4n) is 3.00. The number of nitrogens with one attached hydrogen (secondary N) is 2. The number of ether oxygens (including phenoxy) is 1. The van der Waals surface area contributed by atoms with Gasteiger partial charge in [0, 0.05) is 18.7 Å². The van der Waals surface area contributed by atoms with E-state index in [1.54, 1.807) is 7.11 Å². The first-order valence-corrected chi connectivity index (χ1v) is 8.96. The molecule has 0 bridgehead atoms. The Morgan fingerprint density at radius 3 is 2.71 bits per heavy atom. The van der Waals surface area contributed by atoms with E-state index in [1.165, 1.54) is 31.5 Å². The quantitative estimate of drug-likeness (QED) is 0.620. The van der Waals surface area contributed by atoms with Crippen LogP contribution in [-0.4, -0.2) is 51.2 Å². The molecular formula is C19H32N4O. The van der Waals surface area contributed by atoms with Crippen LogP contribution in [0.15, 0.2) is 23.2 Å². The summed E-state index contributed by atoms with van der Waals surface area (Å²) >= 11 is 0. The van der Waals surface area contributed by atoms with Crippen molar-refractivity contribution in [3.05, 3.63) is 29.3 Å². The molecule has 2 N–H and O–H groups in total. The number of aryl methyl sites for hydroxylation is 1. The Bertz CT molecular complexity index is 536. The largest absolute Gasteiger partial charge is 0.496 e. The average Bonchev–Trinajstić information content (AvgIpc) is 2.59. The van der Waals surface area contributed by atoms with Crippen molar-refractivity contribution in [1.29, 1.82) is 0 Å². The minimum atomic E-state index is 0.617. The summed E-state index contributed by atoms with van der Waals surface area (Å²) in [7, 11) is 3.91. The number of aliphatic imine (C=N–C) groups is 1. The standard InChI is InChI=1S/C19H32N4O/c1-5-20-19(21-13-16-8-10-23(3)11-9-16)22-14-17-7-6-15(2)12-18(17)24-4/h6-7,12,16H,5,8-11,13-14H2,1-4H3,(H2,20,21,22). The minimum absolute atomic E-state index is 0.617. The number of hydrogen-bond acceptors (Lipinski definition) is 3. The molecule has 0 aromatic heterocycles. The van der Waals surface area contributed by atoms with Crippen LogP contribution in [0.2, 0.25) is 0 Å². The van der Waals surface area contributed by atoms with Crippen molar-refractivity contribution in [1.82, 2.24) is 15.5 Å². The van der Waals surface area contributed by atoms with Crippen LogP contribution in [-0.2, 0) is 6.54 Å². The first-order chi connectivity index (χ1) is 11.6. The van der Waals surface area contributed by atoms with Gasteiger partial charge in [-0.05, 0) is 64.4 Å². The molecule has 0 unspecified atom stereocenters. The number of rotatable bonds is 6. The number of benzene rings is 1. The second-order valence-corrected chi connectivity index (χ2v) is 6.64. The highest BCUT2D eigenvalue weighted by atomic mass is 16.5. The van der Waals surface area contributed by atoms with Gasteiger partial charge < -0.3 is 20.3 Å². The first-order valence-electron chi connectivity index (χ1n) is 8.96. The molecule has 1 fully saturated rings. The molecule has 0 atom stereocenters. The van der Waals surface area contributed by atoms with Crippen LogP contribution in [0.5, 0.6) is 5.75 Å². The topological polar surface area (TPSA) is 48.9 Å². The van der Waals surface area contributed by atoms with Crippen LogP contribution in [0.4, 0.5) is 0 Å². The molecule has 1 aromatic rings. The maximum atomic E-state index is 5.47. The fraction of sp³-hybridized carbons (Fsp3) is 0.632. The molecule has 0 radical (unpaired) electrons. The van der Waals surface area contributed by atoms with E-state index in [1.807, 2.05) is 0 Å². The molecule has 1 heterocycles. The normalized spacial score (nSPS) is 16.9. The lowest BCUT2D eigenvalue weighted by Gasteiger charge is -2.29. The highest BCUT2D eigenvalue weighted by molar-refractivity contribution is 5.79. The van der Waals surface area contributed by atoms with Crippen molar-refractivity contribution in [2.24, 2.45) is 10.9 Å². The van der Waals surface area contributed by atoms with Gasteiger partial charge in [0.2, 0.25) is 0 Å². The fourth-order valence-corrected chi connectivity index (χ4v) is 3.00. The van der Waals surface area contributed by atoms with Gasteiger partial charge in [-0.25, -0.2) is 4.99 Å². The van der Waals surface area contributed by atoms with Crippen molar-refractivity contribution in [3.63, 3.8) is 0 Å². The third kappa shape index (κ3) is 5.71. The molecule has 0 amide bonds. The number of guanidine groups is 1. The van der Waals surface area contributed by atoms with Crippen molar-refractivity contribution >= 4 is 5.96 Å². The van der Waals surface area contributed by atoms with Gasteiger partial charge in [-0.2, -0.15) is 0 Å². The number of likely N-dealkylation sites (tertiary alicyclic amines) is 1. The monoisotopic (exact) mass is 332 g/mol. The van der Waals surface area contributed by atoms with Crippen LogP contribution in [0.25, 0.3) is 0 Å². The molecule has 0 saturated carbocycles. The summed E-state index contributed by atoms with van der Waals surface area (Å²) in [5.41, 5.74) is 2.31. The molecule has 0 aliphatic carbocycles. The average molecular weight is 332 g/mol. The van der Waals surface area contributed by atoms with Gasteiger partial charge in [0.15, 0.2) is 5.96 Å². The van der Waals surface area contributed by atoms with E-state index in [4.69, 9.17) is 9.73 Å². The Balaban J connectivity index is 1.93. The van der Waals surface area contributed by atoms with Crippen LogP contribution in [0.3, 0.4) is 0 Å². The molecule has 1 aromatic carbocycles. The van der Waals surface area contributed by atoms with Crippen LogP contribution in [0, 0.1) is 12.8 Å². The molecule has 5 nitrogen and oxygen atoms in total. The maximum Gasteiger partial charge on any atom is 0.191 e. The molecule has 1 aliphatic heterocycles. The van der Waals surface area contributed by atoms with Crippen molar-refractivity contribution in [2.45, 2.75) is 33.2 Å². The van der Waals surface area contributed by atoms with Gasteiger partial charge in [-0.1, -0.05) is 12.1 Å². The summed E-state index contributed by atoms with van der Waals surface area (Å²) in [6.07, 6.45) is 2.52.